The highest BCUT2D eigenvalue weighted by Crippen LogP contribution is 2.29. The van der Waals surface area contributed by atoms with E-state index in [0.29, 0.717) is 12.4 Å². The highest BCUT2D eigenvalue weighted by Gasteiger charge is 2.11. The van der Waals surface area contributed by atoms with Crippen molar-refractivity contribution >= 4 is 11.1 Å². The van der Waals surface area contributed by atoms with Crippen LogP contribution in [0.25, 0.3) is 22.6 Å². The van der Waals surface area contributed by atoms with Crippen LogP contribution >= 0.6 is 0 Å². The molecule has 102 valence electrons. The van der Waals surface area contributed by atoms with Crippen LogP contribution in [-0.4, -0.2) is 18.6 Å². The molecule has 1 heterocycles. The summed E-state index contributed by atoms with van der Waals surface area (Å²) in [6, 6.07) is 13.8. The number of hydrogen-bond acceptors (Lipinski definition) is 4. The van der Waals surface area contributed by atoms with Crippen molar-refractivity contribution in [3.63, 3.8) is 0 Å². The molecule has 4 nitrogen and oxygen atoms in total. The van der Waals surface area contributed by atoms with Gasteiger partial charge in [-0.1, -0.05) is 18.2 Å². The topological polar surface area (TPSA) is 61.3 Å². The summed E-state index contributed by atoms with van der Waals surface area (Å²) in [6.45, 7) is 0.652. The Hall–Kier alpha value is -2.33. The molecule has 0 saturated heterocycles. The monoisotopic (exact) mass is 268 g/mol. The van der Waals surface area contributed by atoms with Crippen LogP contribution in [-0.2, 0) is 6.42 Å². The van der Waals surface area contributed by atoms with E-state index in [2.05, 4.69) is 4.98 Å². The van der Waals surface area contributed by atoms with Gasteiger partial charge in [-0.25, -0.2) is 4.98 Å². The maximum atomic E-state index is 5.78. The standard InChI is InChI=1S/C16H16N2O2/c1-19-13-3-2-4-14-15(13)18-16(20-14)12-7-5-11(6-8-12)9-10-17/h2-8H,9-10,17H2,1H3. The van der Waals surface area contributed by atoms with Gasteiger partial charge in [0.15, 0.2) is 11.1 Å². The average molecular weight is 268 g/mol. The molecule has 3 rings (SSSR count). The Kier molecular flexibility index (Phi) is 3.39. The second-order valence-electron chi connectivity index (χ2n) is 4.56. The molecule has 4 heteroatoms. The van der Waals surface area contributed by atoms with E-state index < -0.39 is 0 Å². The fourth-order valence-corrected chi connectivity index (χ4v) is 2.19. The second kappa shape index (κ2) is 5.35. The minimum absolute atomic E-state index is 0.601. The summed E-state index contributed by atoms with van der Waals surface area (Å²) >= 11 is 0. The summed E-state index contributed by atoms with van der Waals surface area (Å²) in [5.74, 6) is 1.32. The van der Waals surface area contributed by atoms with Crippen LogP contribution in [0.4, 0.5) is 0 Å². The van der Waals surface area contributed by atoms with E-state index >= 15 is 0 Å². The van der Waals surface area contributed by atoms with E-state index in [-0.39, 0.29) is 0 Å². The van der Waals surface area contributed by atoms with Crippen molar-refractivity contribution in [2.24, 2.45) is 5.73 Å². The molecule has 0 bridgehead atoms. The third kappa shape index (κ3) is 2.26. The van der Waals surface area contributed by atoms with Gasteiger partial charge in [0.1, 0.15) is 5.75 Å². The van der Waals surface area contributed by atoms with Gasteiger partial charge in [0, 0.05) is 5.56 Å². The van der Waals surface area contributed by atoms with Gasteiger partial charge in [0.05, 0.1) is 7.11 Å². The SMILES string of the molecule is COc1cccc2oc(-c3ccc(CCN)cc3)nc12. The molecule has 0 amide bonds. The van der Waals surface area contributed by atoms with Crippen molar-refractivity contribution in [3.05, 3.63) is 48.0 Å². The molecular formula is C16H16N2O2. The zero-order valence-corrected chi connectivity index (χ0v) is 11.3. The van der Waals surface area contributed by atoms with Gasteiger partial charge in [-0.3, -0.25) is 0 Å². The average Bonchev–Trinajstić information content (AvgIpc) is 2.92. The van der Waals surface area contributed by atoms with Gasteiger partial charge in [0.2, 0.25) is 5.89 Å². The van der Waals surface area contributed by atoms with Crippen LogP contribution in [0, 0.1) is 0 Å². The maximum Gasteiger partial charge on any atom is 0.227 e. The Morgan fingerprint density at radius 3 is 2.65 bits per heavy atom. The lowest BCUT2D eigenvalue weighted by molar-refractivity contribution is 0.419. The highest BCUT2D eigenvalue weighted by atomic mass is 16.5. The Morgan fingerprint density at radius 2 is 1.95 bits per heavy atom. The lowest BCUT2D eigenvalue weighted by Gasteiger charge is -1.99. The molecule has 0 aliphatic rings. The van der Waals surface area contributed by atoms with E-state index in [1.54, 1.807) is 7.11 Å². The first kappa shape index (κ1) is 12.7. The molecule has 0 saturated carbocycles. The van der Waals surface area contributed by atoms with Gasteiger partial charge >= 0.3 is 0 Å². The molecule has 0 atom stereocenters. The predicted molar refractivity (Wildman–Crippen MR) is 78.8 cm³/mol. The van der Waals surface area contributed by atoms with Crippen LogP contribution in [0.5, 0.6) is 5.75 Å². The first-order valence-electron chi connectivity index (χ1n) is 6.55. The summed E-state index contributed by atoms with van der Waals surface area (Å²) in [5, 5.41) is 0. The summed E-state index contributed by atoms with van der Waals surface area (Å²) in [5.41, 5.74) is 9.18. The lowest BCUT2D eigenvalue weighted by atomic mass is 10.1. The van der Waals surface area contributed by atoms with Gasteiger partial charge < -0.3 is 14.9 Å². The van der Waals surface area contributed by atoms with E-state index in [1.807, 2.05) is 42.5 Å². The van der Waals surface area contributed by atoms with Gasteiger partial charge in [0.25, 0.3) is 0 Å². The molecule has 2 aromatic carbocycles. The Bertz CT molecular complexity index is 717. The minimum Gasteiger partial charge on any atom is -0.494 e. The van der Waals surface area contributed by atoms with E-state index in [1.165, 1.54) is 5.56 Å². The molecular weight excluding hydrogens is 252 g/mol. The number of nitrogens with zero attached hydrogens (tertiary/aromatic N) is 1. The van der Waals surface area contributed by atoms with Crippen molar-refractivity contribution < 1.29 is 9.15 Å². The number of aromatic nitrogens is 1. The third-order valence-corrected chi connectivity index (χ3v) is 3.24. The molecule has 1 aromatic heterocycles. The zero-order chi connectivity index (χ0) is 13.9. The Morgan fingerprint density at radius 1 is 1.15 bits per heavy atom. The number of methoxy groups -OCH3 is 1. The van der Waals surface area contributed by atoms with Crippen LogP contribution in [0.15, 0.2) is 46.9 Å². The number of benzene rings is 2. The Balaban J connectivity index is 2.01. The summed E-state index contributed by atoms with van der Waals surface area (Å²) in [4.78, 5) is 4.51. The quantitative estimate of drug-likeness (QED) is 0.790. The molecule has 0 aliphatic heterocycles. The number of nitrogens with two attached hydrogens (primary N) is 1. The number of rotatable bonds is 4. The number of para-hydroxylation sites is 1. The number of oxazole rings is 1. The molecule has 0 aliphatic carbocycles. The molecule has 0 spiro atoms. The van der Waals surface area contributed by atoms with Crippen molar-refractivity contribution in [1.82, 2.24) is 4.98 Å². The van der Waals surface area contributed by atoms with Gasteiger partial charge in [-0.05, 0) is 42.8 Å². The second-order valence-corrected chi connectivity index (χ2v) is 4.56. The van der Waals surface area contributed by atoms with Crippen molar-refractivity contribution in [3.8, 4) is 17.2 Å². The van der Waals surface area contributed by atoms with Crippen LogP contribution in [0.3, 0.4) is 0 Å². The summed E-state index contributed by atoms with van der Waals surface area (Å²) in [6.07, 6.45) is 0.877. The van der Waals surface area contributed by atoms with Crippen LogP contribution in [0.1, 0.15) is 5.56 Å². The predicted octanol–water partition coefficient (Wildman–Crippen LogP) is 3.00. The molecule has 0 radical (unpaired) electrons. The fraction of sp³-hybridized carbons (Fsp3) is 0.188. The maximum absolute atomic E-state index is 5.78. The Labute approximate surface area is 117 Å². The highest BCUT2D eigenvalue weighted by molar-refractivity contribution is 5.82. The minimum atomic E-state index is 0.601. The molecule has 0 unspecified atom stereocenters. The first-order valence-corrected chi connectivity index (χ1v) is 6.55. The lowest BCUT2D eigenvalue weighted by Crippen LogP contribution is -2.02. The summed E-state index contributed by atoms with van der Waals surface area (Å²) in [7, 11) is 1.63. The normalized spacial score (nSPS) is 10.9. The zero-order valence-electron chi connectivity index (χ0n) is 11.3. The third-order valence-electron chi connectivity index (χ3n) is 3.24. The van der Waals surface area contributed by atoms with Crippen molar-refractivity contribution in [2.45, 2.75) is 6.42 Å². The van der Waals surface area contributed by atoms with Crippen LogP contribution < -0.4 is 10.5 Å². The molecule has 0 fully saturated rings. The van der Waals surface area contributed by atoms with E-state index in [0.717, 1.165) is 28.8 Å². The van der Waals surface area contributed by atoms with Crippen molar-refractivity contribution in [1.29, 1.82) is 0 Å². The smallest absolute Gasteiger partial charge is 0.227 e. The number of fused-ring (bicyclic) bond motifs is 1. The fourth-order valence-electron chi connectivity index (χ4n) is 2.19. The van der Waals surface area contributed by atoms with E-state index in [4.69, 9.17) is 14.9 Å². The van der Waals surface area contributed by atoms with E-state index in [9.17, 15) is 0 Å². The number of ether oxygens (including phenoxy) is 1. The van der Waals surface area contributed by atoms with Crippen LogP contribution in [0.2, 0.25) is 0 Å². The first-order chi connectivity index (χ1) is 9.81. The molecule has 20 heavy (non-hydrogen) atoms. The van der Waals surface area contributed by atoms with Gasteiger partial charge in [-0.15, -0.1) is 0 Å². The van der Waals surface area contributed by atoms with Crippen molar-refractivity contribution in [2.75, 3.05) is 13.7 Å². The summed E-state index contributed by atoms with van der Waals surface area (Å²) < 4.78 is 11.1. The molecule has 3 aromatic rings. The molecule has 2 N–H and O–H groups in total. The number of hydrogen-bond donors (Lipinski definition) is 1. The van der Waals surface area contributed by atoms with Gasteiger partial charge in [-0.2, -0.15) is 0 Å². The largest absolute Gasteiger partial charge is 0.494 e.